The van der Waals surface area contributed by atoms with Crippen LogP contribution in [0.15, 0.2) is 41.5 Å². The molecule has 0 aliphatic carbocycles. The van der Waals surface area contributed by atoms with Crippen LogP contribution in [0.5, 0.6) is 0 Å². The van der Waals surface area contributed by atoms with Crippen molar-refractivity contribution in [2.45, 2.75) is 33.4 Å². The molecule has 3 rings (SSSR count). The zero-order valence-electron chi connectivity index (χ0n) is 21.0. The molecule has 1 aromatic carbocycles. The highest BCUT2D eigenvalue weighted by Gasteiger charge is 2.30. The van der Waals surface area contributed by atoms with Crippen LogP contribution in [0.2, 0.25) is 5.15 Å². The van der Waals surface area contributed by atoms with Crippen LogP contribution in [0, 0.1) is 25.3 Å². The lowest BCUT2D eigenvalue weighted by Gasteiger charge is -2.30. The summed E-state index contributed by atoms with van der Waals surface area (Å²) in [6, 6.07) is 8.71. The Morgan fingerprint density at radius 3 is 2.53 bits per heavy atom. The molecule has 0 spiro atoms. The summed E-state index contributed by atoms with van der Waals surface area (Å²) in [7, 11) is 2.76. The Kier molecular flexibility index (Phi) is 11.7. The number of benzene rings is 1. The van der Waals surface area contributed by atoms with Crippen LogP contribution >= 0.6 is 23.4 Å². The number of hydrogen-bond donors (Lipinski definition) is 0. The number of thioether (sulfide) groups is 1. The minimum atomic E-state index is -0.706. The van der Waals surface area contributed by atoms with Crippen LogP contribution in [-0.4, -0.2) is 66.1 Å². The lowest BCUT2D eigenvalue weighted by atomic mass is 10.1. The van der Waals surface area contributed by atoms with Crippen molar-refractivity contribution in [3.63, 3.8) is 0 Å². The molecule has 1 amide bonds. The number of para-hydroxylation sites is 1. The average molecular weight is 532 g/mol. The summed E-state index contributed by atoms with van der Waals surface area (Å²) >= 11 is 7.32. The molecule has 2 heterocycles. The van der Waals surface area contributed by atoms with Crippen molar-refractivity contribution in [3.8, 4) is 6.19 Å². The van der Waals surface area contributed by atoms with Crippen molar-refractivity contribution >= 4 is 46.1 Å². The van der Waals surface area contributed by atoms with E-state index in [9.17, 15) is 9.59 Å². The summed E-state index contributed by atoms with van der Waals surface area (Å²) in [6.45, 7) is 6.99. The summed E-state index contributed by atoms with van der Waals surface area (Å²) in [5.41, 5.74) is 3.64. The second-order valence-corrected chi connectivity index (χ2v) is 9.34. The summed E-state index contributed by atoms with van der Waals surface area (Å²) in [5.74, 6) is 0.238. The summed E-state index contributed by atoms with van der Waals surface area (Å²) in [5, 5.41) is 9.82. The molecular weight excluding hydrogens is 502 g/mol. The molecule has 2 aromatic rings. The second kappa shape index (κ2) is 14.4. The molecule has 1 aliphatic rings. The van der Waals surface area contributed by atoms with E-state index in [0.717, 1.165) is 46.4 Å². The topological polar surface area (TPSA) is 108 Å². The Morgan fingerprint density at radius 2 is 1.97 bits per heavy atom. The lowest BCUT2D eigenvalue weighted by molar-refractivity contribution is -0.143. The van der Waals surface area contributed by atoms with Crippen LogP contribution in [0.3, 0.4) is 0 Å². The highest BCUT2D eigenvalue weighted by Crippen LogP contribution is 2.27. The van der Waals surface area contributed by atoms with E-state index in [4.69, 9.17) is 26.3 Å². The Bertz CT molecular complexity index is 1100. The molecule has 0 bridgehead atoms. The zero-order valence-corrected chi connectivity index (χ0v) is 22.6. The molecule has 0 N–H and O–H groups in total. The third-order valence-corrected chi connectivity index (χ3v) is 6.54. The van der Waals surface area contributed by atoms with E-state index in [1.54, 1.807) is 30.9 Å². The Labute approximate surface area is 221 Å². The number of carbonyl (C=O) groups excluding carboxylic acids is 2. The molecule has 0 saturated carbocycles. The minimum Gasteiger partial charge on any atom is -0.467 e. The predicted molar refractivity (Wildman–Crippen MR) is 142 cm³/mol. The Morgan fingerprint density at radius 1 is 1.28 bits per heavy atom. The van der Waals surface area contributed by atoms with Gasteiger partial charge in [0.15, 0.2) is 5.17 Å². The fourth-order valence-electron chi connectivity index (χ4n) is 3.64. The first-order chi connectivity index (χ1) is 17.2. The molecule has 1 fully saturated rings. The van der Waals surface area contributed by atoms with Crippen LogP contribution in [0.25, 0.3) is 0 Å². The van der Waals surface area contributed by atoms with Gasteiger partial charge in [-0.3, -0.25) is 9.69 Å². The van der Waals surface area contributed by atoms with Gasteiger partial charge in [0, 0.05) is 32.1 Å². The minimum absolute atomic E-state index is 0.0882. The summed E-state index contributed by atoms with van der Waals surface area (Å²) < 4.78 is 9.65. The second-order valence-electron chi connectivity index (χ2n) is 7.89. The smallest absolute Gasteiger partial charge is 0.328 e. The van der Waals surface area contributed by atoms with E-state index < -0.39 is 12.0 Å². The van der Waals surface area contributed by atoms with Gasteiger partial charge in [-0.2, -0.15) is 5.26 Å². The molecule has 9 nitrogen and oxygen atoms in total. The number of aromatic nitrogens is 1. The van der Waals surface area contributed by atoms with Gasteiger partial charge in [0.25, 0.3) is 5.91 Å². The zero-order chi connectivity index (χ0) is 26.7. The standard InChI is InChI=1S/C15H21NO4.C10H9ClN4S/c1-10-7-6-8-11(2)14(10)16(13(17)9-19-4)12(3)15(18)20-5;11-9-2-1-8(5-13-9)6-15-3-4-16-10(15)14-7-12/h6-8,12H,9H2,1-5H3;1-2,5H,3-4,6H2/b;14-10-/t12-;/m1./s1. The molecule has 11 heteroatoms. The van der Waals surface area contributed by atoms with Gasteiger partial charge < -0.3 is 14.4 Å². The van der Waals surface area contributed by atoms with Crippen LogP contribution in [0.1, 0.15) is 23.6 Å². The van der Waals surface area contributed by atoms with Crippen molar-refractivity contribution in [1.29, 1.82) is 5.26 Å². The highest BCUT2D eigenvalue weighted by atomic mass is 35.5. The maximum Gasteiger partial charge on any atom is 0.328 e. The van der Waals surface area contributed by atoms with Crippen molar-refractivity contribution in [3.05, 3.63) is 58.4 Å². The van der Waals surface area contributed by atoms with Crippen molar-refractivity contribution in [2.24, 2.45) is 4.99 Å². The number of amidine groups is 1. The molecule has 1 aliphatic heterocycles. The van der Waals surface area contributed by atoms with Crippen LogP contribution in [-0.2, 0) is 25.6 Å². The average Bonchev–Trinajstić information content (AvgIpc) is 3.29. The van der Waals surface area contributed by atoms with E-state index in [0.29, 0.717) is 5.15 Å². The first-order valence-electron chi connectivity index (χ1n) is 11.1. The van der Waals surface area contributed by atoms with E-state index >= 15 is 0 Å². The number of aliphatic imine (C=N–C) groups is 1. The number of ether oxygens (including phenoxy) is 2. The van der Waals surface area contributed by atoms with Gasteiger partial charge in [-0.1, -0.05) is 47.6 Å². The van der Waals surface area contributed by atoms with Gasteiger partial charge in [0.1, 0.15) is 17.8 Å². The number of nitrogens with zero attached hydrogens (tertiary/aromatic N) is 5. The molecular formula is C25H30ClN5O4S. The number of anilines is 1. The predicted octanol–water partition coefficient (Wildman–Crippen LogP) is 3.97. The van der Waals surface area contributed by atoms with Gasteiger partial charge in [0.05, 0.1) is 12.8 Å². The SMILES string of the molecule is COCC(=O)N(c1c(C)cccc1C)[C@H](C)C(=O)OC.N#C/N=C1\SCCN1Cc1ccc(Cl)nc1. The van der Waals surface area contributed by atoms with E-state index in [2.05, 4.69) is 14.9 Å². The number of amides is 1. The van der Waals surface area contributed by atoms with Gasteiger partial charge >= 0.3 is 5.97 Å². The Balaban J connectivity index is 0.000000259. The van der Waals surface area contributed by atoms with E-state index in [1.807, 2.05) is 44.3 Å². The third-order valence-electron chi connectivity index (χ3n) is 5.32. The first kappa shape index (κ1) is 29.1. The molecule has 0 radical (unpaired) electrons. The fraction of sp³-hybridized carbons (Fsp3) is 0.400. The molecule has 1 atom stereocenters. The van der Waals surface area contributed by atoms with Crippen LogP contribution < -0.4 is 4.90 Å². The summed E-state index contributed by atoms with van der Waals surface area (Å²) in [6.07, 6.45) is 3.57. The van der Waals surface area contributed by atoms with Gasteiger partial charge in [0.2, 0.25) is 6.19 Å². The lowest BCUT2D eigenvalue weighted by Crippen LogP contribution is -2.46. The first-order valence-corrected chi connectivity index (χ1v) is 12.5. The van der Waals surface area contributed by atoms with E-state index in [1.165, 1.54) is 19.1 Å². The number of hydrogen-bond acceptors (Lipinski definition) is 8. The molecule has 36 heavy (non-hydrogen) atoms. The summed E-state index contributed by atoms with van der Waals surface area (Å²) in [4.78, 5) is 35.4. The number of carbonyl (C=O) groups is 2. The van der Waals surface area contributed by atoms with Gasteiger partial charge in [-0.05, 0) is 43.5 Å². The monoisotopic (exact) mass is 531 g/mol. The quantitative estimate of drug-likeness (QED) is 0.300. The molecule has 192 valence electrons. The van der Waals surface area contributed by atoms with E-state index in [-0.39, 0.29) is 12.5 Å². The highest BCUT2D eigenvalue weighted by molar-refractivity contribution is 8.14. The maximum absolute atomic E-state index is 12.3. The van der Waals surface area contributed by atoms with Crippen molar-refractivity contribution < 1.29 is 19.1 Å². The van der Waals surface area contributed by atoms with Crippen molar-refractivity contribution in [1.82, 2.24) is 9.88 Å². The number of aryl methyl sites for hydroxylation is 2. The van der Waals surface area contributed by atoms with Crippen molar-refractivity contribution in [2.75, 3.05) is 38.0 Å². The molecule has 0 unspecified atom stereocenters. The fourth-order valence-corrected chi connectivity index (χ4v) is 4.69. The van der Waals surface area contributed by atoms with Gasteiger partial charge in [-0.25, -0.2) is 9.78 Å². The number of esters is 1. The number of halogens is 1. The number of nitriles is 1. The van der Waals surface area contributed by atoms with Crippen LogP contribution in [0.4, 0.5) is 5.69 Å². The van der Waals surface area contributed by atoms with Gasteiger partial charge in [-0.15, -0.1) is 4.99 Å². The number of methoxy groups -OCH3 is 2. The molecule has 1 aromatic heterocycles. The largest absolute Gasteiger partial charge is 0.467 e. The molecule has 1 saturated heterocycles. The Hall–Kier alpha value is -3.13. The normalized spacial score (nSPS) is 14.5. The third kappa shape index (κ3) is 7.95. The maximum atomic E-state index is 12.3. The number of rotatable bonds is 7. The number of pyridine rings is 1.